The molecule has 1 saturated heterocycles. The van der Waals surface area contributed by atoms with Crippen LogP contribution in [0.5, 0.6) is 5.75 Å². The second kappa shape index (κ2) is 8.79. The van der Waals surface area contributed by atoms with Crippen molar-refractivity contribution in [2.24, 2.45) is 5.92 Å². The molecule has 164 valence electrons. The second-order valence-corrected chi connectivity index (χ2v) is 8.92. The number of hydrogen-bond donors (Lipinski definition) is 1. The van der Waals surface area contributed by atoms with Gasteiger partial charge in [0.05, 0.1) is 6.61 Å². The van der Waals surface area contributed by atoms with E-state index in [2.05, 4.69) is 23.1 Å². The molecule has 2 aliphatic heterocycles. The summed E-state index contributed by atoms with van der Waals surface area (Å²) in [4.78, 5) is 15.4. The largest absolute Gasteiger partial charge is 0.493 e. The Labute approximate surface area is 189 Å². The molecule has 2 aliphatic rings. The summed E-state index contributed by atoms with van der Waals surface area (Å²) >= 11 is 0. The Hall–Kier alpha value is -3.11. The number of aliphatic carboxylic acids is 1. The van der Waals surface area contributed by atoms with Crippen molar-refractivity contribution >= 4 is 5.97 Å². The van der Waals surface area contributed by atoms with E-state index in [0.29, 0.717) is 0 Å². The van der Waals surface area contributed by atoms with Crippen molar-refractivity contribution in [2.45, 2.75) is 24.7 Å². The first-order chi connectivity index (χ1) is 15.7. The van der Waals surface area contributed by atoms with Crippen molar-refractivity contribution in [3.63, 3.8) is 0 Å². The molecule has 0 aliphatic carbocycles. The molecule has 32 heavy (non-hydrogen) atoms. The van der Waals surface area contributed by atoms with Gasteiger partial charge in [0.15, 0.2) is 0 Å². The minimum absolute atomic E-state index is 0.0122. The van der Waals surface area contributed by atoms with E-state index in [1.165, 1.54) is 11.1 Å². The third kappa shape index (κ3) is 3.69. The molecule has 0 amide bonds. The summed E-state index contributed by atoms with van der Waals surface area (Å²) in [5, 5.41) is 10.6. The first-order valence-corrected chi connectivity index (χ1v) is 11.5. The summed E-state index contributed by atoms with van der Waals surface area (Å²) < 4.78 is 5.62. The maximum absolute atomic E-state index is 13.0. The van der Waals surface area contributed by atoms with Gasteiger partial charge in [-0.15, -0.1) is 0 Å². The van der Waals surface area contributed by atoms with Gasteiger partial charge in [-0.2, -0.15) is 0 Å². The molecular weight excluding hydrogens is 398 g/mol. The van der Waals surface area contributed by atoms with Gasteiger partial charge in [0.2, 0.25) is 0 Å². The van der Waals surface area contributed by atoms with E-state index in [-0.39, 0.29) is 5.92 Å². The highest BCUT2D eigenvalue weighted by molar-refractivity contribution is 5.86. The Kier molecular flexibility index (Phi) is 5.71. The van der Waals surface area contributed by atoms with Crippen LogP contribution in [-0.4, -0.2) is 42.2 Å². The van der Waals surface area contributed by atoms with Crippen LogP contribution in [0.1, 0.15) is 28.7 Å². The Balaban J connectivity index is 1.38. The zero-order valence-corrected chi connectivity index (χ0v) is 18.2. The van der Waals surface area contributed by atoms with Crippen molar-refractivity contribution in [1.29, 1.82) is 0 Å². The van der Waals surface area contributed by atoms with Crippen LogP contribution in [-0.2, 0) is 23.1 Å². The summed E-state index contributed by atoms with van der Waals surface area (Å²) in [5.41, 5.74) is 3.32. The van der Waals surface area contributed by atoms with Gasteiger partial charge in [-0.1, -0.05) is 72.8 Å². The van der Waals surface area contributed by atoms with E-state index in [1.54, 1.807) is 0 Å². The number of nitrogens with zero attached hydrogens (tertiary/aromatic N) is 1. The highest BCUT2D eigenvalue weighted by Crippen LogP contribution is 2.44. The van der Waals surface area contributed by atoms with E-state index in [0.717, 1.165) is 62.4 Å². The zero-order valence-electron chi connectivity index (χ0n) is 18.2. The highest BCUT2D eigenvalue weighted by Gasteiger charge is 2.50. The molecule has 1 atom stereocenters. The normalized spacial score (nSPS) is 18.3. The summed E-state index contributed by atoms with van der Waals surface area (Å²) in [6, 6.07) is 26.1. The zero-order chi connectivity index (χ0) is 22.0. The fraction of sp³-hybridized carbons (Fsp3) is 0.321. The van der Waals surface area contributed by atoms with Crippen molar-refractivity contribution < 1.29 is 14.6 Å². The van der Waals surface area contributed by atoms with Crippen molar-refractivity contribution in [2.75, 3.05) is 26.2 Å². The standard InChI is InChI=1S/C28H29NO3/c30-27(31)28(23-7-3-1-4-8-23,24-9-5-2-6-10-24)25-14-17-29(20-25)16-13-21-11-12-26-22(19-21)15-18-32-26/h1-12,19,25H,13-18,20H2,(H,30,31)/t25-/m1/s1. The Bertz CT molecular complexity index is 1040. The van der Waals surface area contributed by atoms with Gasteiger partial charge in [-0.05, 0) is 53.6 Å². The summed E-state index contributed by atoms with van der Waals surface area (Å²) in [6.07, 6.45) is 2.83. The molecule has 4 heteroatoms. The molecule has 1 fully saturated rings. The van der Waals surface area contributed by atoms with Crippen LogP contribution in [0, 0.1) is 5.92 Å². The van der Waals surface area contributed by atoms with Gasteiger partial charge >= 0.3 is 5.97 Å². The van der Waals surface area contributed by atoms with Gasteiger partial charge < -0.3 is 14.7 Å². The number of benzene rings is 3. The predicted molar refractivity (Wildman–Crippen MR) is 125 cm³/mol. The fourth-order valence-electron chi connectivity index (χ4n) is 5.53. The minimum atomic E-state index is -1.04. The number of likely N-dealkylation sites (tertiary alicyclic amines) is 1. The predicted octanol–water partition coefficient (Wildman–Crippen LogP) is 4.56. The molecule has 0 radical (unpaired) electrons. The first kappa shape index (κ1) is 20.8. The molecule has 3 aromatic carbocycles. The van der Waals surface area contributed by atoms with E-state index in [1.807, 2.05) is 60.7 Å². The topological polar surface area (TPSA) is 49.8 Å². The number of rotatable bonds is 7. The van der Waals surface area contributed by atoms with Gasteiger partial charge in [-0.25, -0.2) is 0 Å². The van der Waals surface area contributed by atoms with Crippen LogP contribution < -0.4 is 4.74 Å². The van der Waals surface area contributed by atoms with Gasteiger partial charge in [-0.3, -0.25) is 4.79 Å². The van der Waals surface area contributed by atoms with Crippen molar-refractivity contribution in [1.82, 2.24) is 4.90 Å². The number of hydrogen-bond acceptors (Lipinski definition) is 3. The van der Waals surface area contributed by atoms with E-state index >= 15 is 0 Å². The van der Waals surface area contributed by atoms with Crippen LogP contribution in [0.3, 0.4) is 0 Å². The third-order valence-corrected chi connectivity index (χ3v) is 7.15. The Morgan fingerprint density at radius 2 is 1.69 bits per heavy atom. The van der Waals surface area contributed by atoms with Crippen LogP contribution >= 0.6 is 0 Å². The molecule has 0 aromatic heterocycles. The van der Waals surface area contributed by atoms with Crippen molar-refractivity contribution in [3.05, 3.63) is 101 Å². The number of ether oxygens (including phenoxy) is 1. The smallest absolute Gasteiger partial charge is 0.318 e. The summed E-state index contributed by atoms with van der Waals surface area (Å²) in [5.74, 6) is 0.269. The number of carboxylic acid groups (broad SMARTS) is 1. The lowest BCUT2D eigenvalue weighted by Gasteiger charge is -2.36. The quantitative estimate of drug-likeness (QED) is 0.601. The van der Waals surface area contributed by atoms with Crippen molar-refractivity contribution in [3.8, 4) is 5.75 Å². The molecule has 2 heterocycles. The average Bonchev–Trinajstić information content (AvgIpc) is 3.49. The molecular formula is C28H29NO3. The SMILES string of the molecule is O=C(O)C(c1ccccc1)(c1ccccc1)[C@@H]1CCN(CCc2ccc3c(c2)CCO3)C1. The monoisotopic (exact) mass is 427 g/mol. The molecule has 1 N–H and O–H groups in total. The highest BCUT2D eigenvalue weighted by atomic mass is 16.5. The molecule has 0 unspecified atom stereocenters. The molecule has 0 bridgehead atoms. The molecule has 5 rings (SSSR count). The lowest BCUT2D eigenvalue weighted by atomic mass is 9.65. The summed E-state index contributed by atoms with van der Waals surface area (Å²) in [6.45, 7) is 3.43. The maximum atomic E-state index is 13.0. The average molecular weight is 428 g/mol. The van der Waals surface area contributed by atoms with Gasteiger partial charge in [0, 0.05) is 19.5 Å². The van der Waals surface area contributed by atoms with Crippen LogP contribution in [0.15, 0.2) is 78.9 Å². The Morgan fingerprint density at radius 3 is 2.34 bits per heavy atom. The molecule has 4 nitrogen and oxygen atoms in total. The van der Waals surface area contributed by atoms with Gasteiger partial charge in [0.25, 0.3) is 0 Å². The first-order valence-electron chi connectivity index (χ1n) is 11.5. The van der Waals surface area contributed by atoms with Crippen LogP contribution in [0.25, 0.3) is 0 Å². The van der Waals surface area contributed by atoms with Crippen LogP contribution in [0.2, 0.25) is 0 Å². The Morgan fingerprint density at radius 1 is 1.00 bits per heavy atom. The number of carboxylic acids is 1. The third-order valence-electron chi connectivity index (χ3n) is 7.15. The summed E-state index contributed by atoms with van der Waals surface area (Å²) in [7, 11) is 0. The lowest BCUT2D eigenvalue weighted by Crippen LogP contribution is -2.45. The number of fused-ring (bicyclic) bond motifs is 1. The fourth-order valence-corrected chi connectivity index (χ4v) is 5.53. The van der Waals surface area contributed by atoms with E-state index < -0.39 is 11.4 Å². The molecule has 0 saturated carbocycles. The van der Waals surface area contributed by atoms with E-state index in [4.69, 9.17) is 4.74 Å². The number of carbonyl (C=O) groups is 1. The molecule has 3 aromatic rings. The van der Waals surface area contributed by atoms with E-state index in [9.17, 15) is 9.90 Å². The molecule has 0 spiro atoms. The van der Waals surface area contributed by atoms with Crippen LogP contribution in [0.4, 0.5) is 0 Å². The minimum Gasteiger partial charge on any atom is -0.493 e. The lowest BCUT2D eigenvalue weighted by molar-refractivity contribution is -0.144. The van der Waals surface area contributed by atoms with Gasteiger partial charge in [0.1, 0.15) is 11.2 Å². The second-order valence-electron chi connectivity index (χ2n) is 8.92. The maximum Gasteiger partial charge on any atom is 0.318 e.